The second kappa shape index (κ2) is 6.65. The third-order valence-corrected chi connectivity index (χ3v) is 4.43. The van der Waals surface area contributed by atoms with E-state index in [0.29, 0.717) is 16.4 Å². The Balaban J connectivity index is 2.23. The molecule has 0 saturated heterocycles. The first-order valence-corrected chi connectivity index (χ1v) is 7.57. The number of nitriles is 1. The number of hydrogen-bond acceptors (Lipinski definition) is 4. The van der Waals surface area contributed by atoms with Gasteiger partial charge in [-0.05, 0) is 44.4 Å². The summed E-state index contributed by atoms with van der Waals surface area (Å²) in [5, 5.41) is 27.2. The maximum atomic E-state index is 13.9. The van der Waals surface area contributed by atoms with Gasteiger partial charge in [0.05, 0.1) is 17.1 Å². The van der Waals surface area contributed by atoms with E-state index in [0.717, 1.165) is 0 Å². The number of nitrogens with one attached hydrogen (secondary N) is 1. The Bertz CT molecular complexity index is 711. The van der Waals surface area contributed by atoms with Gasteiger partial charge in [0, 0.05) is 11.4 Å². The summed E-state index contributed by atoms with van der Waals surface area (Å²) in [6.07, 6.45) is 1.95. The SMILES string of the molecule is CC(C)(C#N)C(O)(CCc1ccc(Cl)cc1F)Cc1ncn[nH]1. The van der Waals surface area contributed by atoms with Crippen LogP contribution in [0.5, 0.6) is 0 Å². The maximum Gasteiger partial charge on any atom is 0.137 e. The molecule has 0 aliphatic rings. The molecule has 0 saturated carbocycles. The molecule has 1 atom stereocenters. The topological polar surface area (TPSA) is 85.6 Å². The molecule has 1 aromatic carbocycles. The molecule has 1 unspecified atom stereocenters. The van der Waals surface area contributed by atoms with Crippen molar-refractivity contribution in [3.63, 3.8) is 0 Å². The van der Waals surface area contributed by atoms with Crippen LogP contribution in [0.1, 0.15) is 31.7 Å². The first kappa shape index (κ1) is 17.4. The zero-order valence-electron chi connectivity index (χ0n) is 13.0. The summed E-state index contributed by atoms with van der Waals surface area (Å²) in [6.45, 7) is 3.31. The number of H-pyrrole nitrogens is 1. The predicted molar refractivity (Wildman–Crippen MR) is 84.2 cm³/mol. The van der Waals surface area contributed by atoms with E-state index in [1.807, 2.05) is 0 Å². The van der Waals surface area contributed by atoms with Crippen LogP contribution in [0.25, 0.3) is 0 Å². The third-order valence-electron chi connectivity index (χ3n) is 4.19. The Labute approximate surface area is 139 Å². The Kier molecular flexibility index (Phi) is 5.03. The molecule has 0 aliphatic carbocycles. The number of aromatic amines is 1. The van der Waals surface area contributed by atoms with Crippen LogP contribution >= 0.6 is 11.6 Å². The first-order valence-electron chi connectivity index (χ1n) is 7.19. The highest BCUT2D eigenvalue weighted by Gasteiger charge is 2.44. The van der Waals surface area contributed by atoms with Gasteiger partial charge in [-0.1, -0.05) is 17.7 Å². The molecule has 2 rings (SSSR count). The zero-order chi connectivity index (χ0) is 17.1. The van der Waals surface area contributed by atoms with Crippen LogP contribution in [0.15, 0.2) is 24.5 Å². The van der Waals surface area contributed by atoms with Gasteiger partial charge in [-0.2, -0.15) is 10.4 Å². The predicted octanol–water partition coefficient (Wildman–Crippen LogP) is 3.05. The fraction of sp³-hybridized carbons (Fsp3) is 0.438. The lowest BCUT2D eigenvalue weighted by molar-refractivity contribution is -0.0468. The first-order chi connectivity index (χ1) is 10.8. The van der Waals surface area contributed by atoms with Crippen LogP contribution < -0.4 is 0 Å². The molecule has 1 heterocycles. The van der Waals surface area contributed by atoms with E-state index >= 15 is 0 Å². The van der Waals surface area contributed by atoms with Crippen molar-refractivity contribution in [2.24, 2.45) is 5.41 Å². The molecule has 5 nitrogen and oxygen atoms in total. The molecule has 0 aliphatic heterocycles. The van der Waals surface area contributed by atoms with Gasteiger partial charge in [0.25, 0.3) is 0 Å². The van der Waals surface area contributed by atoms with E-state index in [4.69, 9.17) is 11.6 Å². The van der Waals surface area contributed by atoms with Gasteiger partial charge in [0.15, 0.2) is 0 Å². The number of rotatable bonds is 6. The summed E-state index contributed by atoms with van der Waals surface area (Å²) in [5.41, 5.74) is -1.98. The highest BCUT2D eigenvalue weighted by atomic mass is 35.5. The van der Waals surface area contributed by atoms with Crippen molar-refractivity contribution in [3.05, 3.63) is 46.8 Å². The van der Waals surface area contributed by atoms with Crippen molar-refractivity contribution >= 4 is 11.6 Å². The lowest BCUT2D eigenvalue weighted by atomic mass is 9.71. The minimum Gasteiger partial charge on any atom is -0.388 e. The van der Waals surface area contributed by atoms with Crippen molar-refractivity contribution in [2.45, 2.75) is 38.7 Å². The number of benzene rings is 1. The van der Waals surface area contributed by atoms with Crippen LogP contribution in [0.2, 0.25) is 5.02 Å². The average Bonchev–Trinajstić information content (AvgIpc) is 2.99. The molecule has 0 fully saturated rings. The molecule has 7 heteroatoms. The number of aryl methyl sites for hydroxylation is 1. The molecule has 23 heavy (non-hydrogen) atoms. The van der Waals surface area contributed by atoms with E-state index in [1.54, 1.807) is 26.0 Å². The molecule has 0 spiro atoms. The van der Waals surface area contributed by atoms with Gasteiger partial charge in [-0.3, -0.25) is 5.10 Å². The summed E-state index contributed by atoms with van der Waals surface area (Å²) in [6, 6.07) is 6.56. The molecule has 2 aromatic rings. The number of aromatic nitrogens is 3. The van der Waals surface area contributed by atoms with Crippen molar-refractivity contribution in [1.82, 2.24) is 15.2 Å². The van der Waals surface area contributed by atoms with Crippen LogP contribution in [0.4, 0.5) is 4.39 Å². The molecule has 0 radical (unpaired) electrons. The Morgan fingerprint density at radius 2 is 2.17 bits per heavy atom. The van der Waals surface area contributed by atoms with Gasteiger partial charge >= 0.3 is 0 Å². The zero-order valence-corrected chi connectivity index (χ0v) is 13.7. The second-order valence-corrected chi connectivity index (χ2v) is 6.55. The van der Waals surface area contributed by atoms with Gasteiger partial charge < -0.3 is 5.11 Å². The number of nitrogens with zero attached hydrogens (tertiary/aromatic N) is 3. The van der Waals surface area contributed by atoms with E-state index in [9.17, 15) is 14.8 Å². The lowest BCUT2D eigenvalue weighted by Gasteiger charge is -2.37. The van der Waals surface area contributed by atoms with Gasteiger partial charge in [0.2, 0.25) is 0 Å². The quantitative estimate of drug-likeness (QED) is 0.849. The minimum absolute atomic E-state index is 0.128. The third kappa shape index (κ3) is 3.87. The number of aliphatic hydroxyl groups is 1. The Morgan fingerprint density at radius 1 is 1.43 bits per heavy atom. The van der Waals surface area contributed by atoms with E-state index in [-0.39, 0.29) is 19.3 Å². The van der Waals surface area contributed by atoms with E-state index in [2.05, 4.69) is 21.3 Å². The number of hydrogen-bond donors (Lipinski definition) is 2. The molecule has 1 aromatic heterocycles. The molecular formula is C16H18ClFN4O. The highest BCUT2D eigenvalue weighted by molar-refractivity contribution is 6.30. The fourth-order valence-corrected chi connectivity index (χ4v) is 2.54. The summed E-state index contributed by atoms with van der Waals surface area (Å²) in [5.74, 6) is 0.0571. The molecular weight excluding hydrogens is 319 g/mol. The minimum atomic E-state index is -1.38. The van der Waals surface area contributed by atoms with Gasteiger partial charge in [-0.25, -0.2) is 9.37 Å². The average molecular weight is 337 g/mol. The molecule has 122 valence electrons. The van der Waals surface area contributed by atoms with E-state index in [1.165, 1.54) is 12.4 Å². The highest BCUT2D eigenvalue weighted by Crippen LogP contribution is 2.37. The summed E-state index contributed by atoms with van der Waals surface area (Å²) in [4.78, 5) is 4.01. The summed E-state index contributed by atoms with van der Waals surface area (Å²) in [7, 11) is 0. The molecule has 2 N–H and O–H groups in total. The van der Waals surface area contributed by atoms with Crippen LogP contribution in [0, 0.1) is 22.6 Å². The Morgan fingerprint density at radius 3 is 2.74 bits per heavy atom. The molecule has 0 amide bonds. The van der Waals surface area contributed by atoms with Crippen molar-refractivity contribution in [2.75, 3.05) is 0 Å². The van der Waals surface area contributed by atoms with Crippen molar-refractivity contribution < 1.29 is 9.50 Å². The standard InChI is InChI=1S/C16H18ClFN4O/c1-15(2,9-19)16(23,8-14-20-10-21-22-14)6-5-11-3-4-12(17)7-13(11)18/h3-4,7,10,23H,5-6,8H2,1-2H3,(H,20,21,22). The van der Waals surface area contributed by atoms with Crippen molar-refractivity contribution in [1.29, 1.82) is 5.26 Å². The van der Waals surface area contributed by atoms with Crippen molar-refractivity contribution in [3.8, 4) is 6.07 Å². The number of halogens is 2. The van der Waals surface area contributed by atoms with Gasteiger partial charge in [-0.15, -0.1) is 0 Å². The Hall–Kier alpha value is -1.97. The normalized spacial score (nSPS) is 14.3. The van der Waals surface area contributed by atoms with Crippen LogP contribution in [0.3, 0.4) is 0 Å². The molecule has 0 bridgehead atoms. The fourth-order valence-electron chi connectivity index (χ4n) is 2.38. The maximum absolute atomic E-state index is 13.9. The summed E-state index contributed by atoms with van der Waals surface area (Å²) < 4.78 is 13.9. The van der Waals surface area contributed by atoms with Crippen LogP contribution in [-0.4, -0.2) is 25.9 Å². The second-order valence-electron chi connectivity index (χ2n) is 6.11. The summed E-state index contributed by atoms with van der Waals surface area (Å²) >= 11 is 5.75. The van der Waals surface area contributed by atoms with Gasteiger partial charge in [0.1, 0.15) is 18.0 Å². The monoisotopic (exact) mass is 336 g/mol. The smallest absolute Gasteiger partial charge is 0.137 e. The largest absolute Gasteiger partial charge is 0.388 e. The van der Waals surface area contributed by atoms with Crippen LogP contribution in [-0.2, 0) is 12.8 Å². The van der Waals surface area contributed by atoms with E-state index < -0.39 is 16.8 Å². The lowest BCUT2D eigenvalue weighted by Crippen LogP contribution is -2.46.